The molecule has 0 aromatic rings. The van der Waals surface area contributed by atoms with Crippen LogP contribution in [0.15, 0.2) is 0 Å². The summed E-state index contributed by atoms with van der Waals surface area (Å²) in [7, 11) is 0. The Bertz CT molecular complexity index is 242. The number of fused-ring (bicyclic) bond motifs is 2. The molecule has 0 spiro atoms. The first-order valence-corrected chi connectivity index (χ1v) is 6.22. The smallest absolute Gasteiger partial charge is 0.141 e. The van der Waals surface area contributed by atoms with Gasteiger partial charge in [0, 0.05) is 11.3 Å². The van der Waals surface area contributed by atoms with Gasteiger partial charge in [-0.05, 0) is 44.2 Å². The molecule has 2 atom stereocenters. The van der Waals surface area contributed by atoms with Gasteiger partial charge in [-0.1, -0.05) is 20.8 Å². The molecule has 86 valence electrons. The molecule has 1 heterocycles. The Morgan fingerprint density at radius 2 is 1.60 bits per heavy atom. The molecule has 1 aliphatic carbocycles. The van der Waals surface area contributed by atoms with Crippen molar-refractivity contribution in [2.45, 2.75) is 40.0 Å². The summed E-state index contributed by atoms with van der Waals surface area (Å²) in [4.78, 5) is 12.2. The monoisotopic (exact) mass is 209 g/mol. The maximum atomic E-state index is 12.2. The first-order valence-electron chi connectivity index (χ1n) is 6.22. The molecule has 15 heavy (non-hydrogen) atoms. The highest BCUT2D eigenvalue weighted by Crippen LogP contribution is 2.38. The number of carbonyl (C=O) groups is 1. The van der Waals surface area contributed by atoms with E-state index in [1.54, 1.807) is 0 Å². The third-order valence-electron chi connectivity index (χ3n) is 3.88. The molecule has 2 bridgehead atoms. The van der Waals surface area contributed by atoms with E-state index in [2.05, 4.69) is 26.1 Å². The summed E-state index contributed by atoms with van der Waals surface area (Å²) in [6, 6.07) is 0. The van der Waals surface area contributed by atoms with Crippen LogP contribution in [0.4, 0.5) is 0 Å². The quantitative estimate of drug-likeness (QED) is 0.717. The molecule has 2 unspecified atom stereocenters. The Balaban J connectivity index is 2.02. The second-order valence-corrected chi connectivity index (χ2v) is 6.41. The van der Waals surface area contributed by atoms with Crippen LogP contribution in [0.2, 0.25) is 0 Å². The van der Waals surface area contributed by atoms with E-state index in [1.807, 2.05) is 0 Å². The second kappa shape index (κ2) is 3.89. The molecule has 1 saturated heterocycles. The number of carbonyl (C=O) groups excluding carboxylic acids is 1. The fourth-order valence-corrected chi connectivity index (χ4v) is 3.22. The van der Waals surface area contributed by atoms with Crippen molar-refractivity contribution in [1.82, 2.24) is 5.32 Å². The van der Waals surface area contributed by atoms with Gasteiger partial charge in [-0.15, -0.1) is 0 Å². The van der Waals surface area contributed by atoms with E-state index >= 15 is 0 Å². The van der Waals surface area contributed by atoms with Crippen LogP contribution in [-0.4, -0.2) is 18.9 Å². The summed E-state index contributed by atoms with van der Waals surface area (Å²) < 4.78 is 0. The lowest BCUT2D eigenvalue weighted by molar-refractivity contribution is -0.132. The molecule has 2 nitrogen and oxygen atoms in total. The lowest BCUT2D eigenvalue weighted by Crippen LogP contribution is -2.44. The molecule has 1 N–H and O–H groups in total. The van der Waals surface area contributed by atoms with Crippen LogP contribution in [0, 0.1) is 23.2 Å². The largest absolute Gasteiger partial charge is 0.316 e. The van der Waals surface area contributed by atoms with Crippen LogP contribution >= 0.6 is 0 Å². The van der Waals surface area contributed by atoms with E-state index in [-0.39, 0.29) is 5.41 Å². The molecule has 0 amide bonds. The maximum absolute atomic E-state index is 12.2. The number of piperidine rings is 1. The summed E-state index contributed by atoms with van der Waals surface area (Å²) in [5.74, 6) is 2.34. The fourth-order valence-electron chi connectivity index (χ4n) is 3.22. The van der Waals surface area contributed by atoms with Gasteiger partial charge in [0.25, 0.3) is 0 Å². The van der Waals surface area contributed by atoms with Gasteiger partial charge in [0.15, 0.2) is 0 Å². The summed E-state index contributed by atoms with van der Waals surface area (Å²) in [6.07, 6.45) is 3.60. The number of nitrogens with one attached hydrogen (secondary N) is 1. The highest BCUT2D eigenvalue weighted by atomic mass is 16.1. The average Bonchev–Trinajstić information content (AvgIpc) is 2.14. The fraction of sp³-hybridized carbons (Fsp3) is 0.923. The van der Waals surface area contributed by atoms with Gasteiger partial charge in [0.2, 0.25) is 0 Å². The highest BCUT2D eigenvalue weighted by Gasteiger charge is 2.38. The SMILES string of the molecule is CC(C)(C)C(=O)C1CC2CNCC(C2)C1. The van der Waals surface area contributed by atoms with E-state index in [0.717, 1.165) is 37.8 Å². The summed E-state index contributed by atoms with van der Waals surface area (Å²) in [6.45, 7) is 8.42. The molecule has 1 saturated carbocycles. The number of hydrogen-bond donors (Lipinski definition) is 1. The summed E-state index contributed by atoms with van der Waals surface area (Å²) in [5.41, 5.74) is -0.149. The number of hydrogen-bond acceptors (Lipinski definition) is 2. The van der Waals surface area contributed by atoms with Gasteiger partial charge < -0.3 is 5.32 Å². The van der Waals surface area contributed by atoms with Crippen LogP contribution in [0.25, 0.3) is 0 Å². The zero-order chi connectivity index (χ0) is 11.1. The van der Waals surface area contributed by atoms with Crippen LogP contribution in [-0.2, 0) is 4.79 Å². The Morgan fingerprint density at radius 1 is 1.07 bits per heavy atom. The van der Waals surface area contributed by atoms with E-state index < -0.39 is 0 Å². The van der Waals surface area contributed by atoms with Crippen LogP contribution in [0.3, 0.4) is 0 Å². The zero-order valence-corrected chi connectivity index (χ0v) is 10.2. The number of Topliss-reactive ketones (excluding diaryl/α,β-unsaturated/α-hetero) is 1. The molecule has 2 aliphatic rings. The van der Waals surface area contributed by atoms with Crippen LogP contribution in [0.5, 0.6) is 0 Å². The Labute approximate surface area is 92.8 Å². The molecular weight excluding hydrogens is 186 g/mol. The van der Waals surface area contributed by atoms with Crippen molar-refractivity contribution >= 4 is 5.78 Å². The standard InChI is InChI=1S/C13H23NO/c1-13(2,3)12(15)11-5-9-4-10(6-11)8-14-7-9/h9-11,14H,4-8H2,1-3H3. The molecule has 2 rings (SSSR count). The normalized spacial score (nSPS) is 36.3. The van der Waals surface area contributed by atoms with Gasteiger partial charge >= 0.3 is 0 Å². The molecule has 0 aromatic carbocycles. The number of ketones is 1. The highest BCUT2D eigenvalue weighted by molar-refractivity contribution is 5.86. The van der Waals surface area contributed by atoms with Gasteiger partial charge in [0.1, 0.15) is 5.78 Å². The summed E-state index contributed by atoms with van der Waals surface area (Å²) in [5, 5.41) is 3.47. The Morgan fingerprint density at radius 3 is 2.07 bits per heavy atom. The first-order chi connectivity index (χ1) is 6.97. The van der Waals surface area contributed by atoms with Gasteiger partial charge in [-0.2, -0.15) is 0 Å². The Kier molecular flexibility index (Phi) is 2.89. The maximum Gasteiger partial charge on any atom is 0.141 e. The van der Waals surface area contributed by atoms with Crippen molar-refractivity contribution in [2.75, 3.05) is 13.1 Å². The lowest BCUT2D eigenvalue weighted by Gasteiger charge is -2.40. The topological polar surface area (TPSA) is 29.1 Å². The van der Waals surface area contributed by atoms with Crippen LogP contribution < -0.4 is 5.32 Å². The van der Waals surface area contributed by atoms with E-state index in [1.165, 1.54) is 6.42 Å². The third-order valence-corrected chi connectivity index (χ3v) is 3.88. The Hall–Kier alpha value is -0.370. The van der Waals surface area contributed by atoms with Crippen molar-refractivity contribution < 1.29 is 4.79 Å². The predicted octanol–water partition coefficient (Wildman–Crippen LogP) is 2.24. The minimum absolute atomic E-state index is 0.149. The van der Waals surface area contributed by atoms with Crippen molar-refractivity contribution in [3.05, 3.63) is 0 Å². The van der Waals surface area contributed by atoms with Crippen molar-refractivity contribution in [3.8, 4) is 0 Å². The second-order valence-electron chi connectivity index (χ2n) is 6.41. The van der Waals surface area contributed by atoms with Crippen molar-refractivity contribution in [2.24, 2.45) is 23.2 Å². The molecule has 0 aromatic heterocycles. The van der Waals surface area contributed by atoms with Crippen molar-refractivity contribution in [1.29, 1.82) is 0 Å². The molecule has 2 fully saturated rings. The predicted molar refractivity (Wildman–Crippen MR) is 61.7 cm³/mol. The van der Waals surface area contributed by atoms with Gasteiger partial charge in [0.05, 0.1) is 0 Å². The number of rotatable bonds is 1. The molecule has 0 radical (unpaired) electrons. The molecular formula is C13H23NO. The van der Waals surface area contributed by atoms with E-state index in [9.17, 15) is 4.79 Å². The van der Waals surface area contributed by atoms with Gasteiger partial charge in [-0.25, -0.2) is 0 Å². The van der Waals surface area contributed by atoms with E-state index in [0.29, 0.717) is 11.7 Å². The molecule has 2 heteroatoms. The van der Waals surface area contributed by atoms with E-state index in [4.69, 9.17) is 0 Å². The molecule has 1 aliphatic heterocycles. The van der Waals surface area contributed by atoms with Gasteiger partial charge in [-0.3, -0.25) is 4.79 Å². The minimum atomic E-state index is -0.149. The lowest BCUT2D eigenvalue weighted by atomic mass is 9.68. The zero-order valence-electron chi connectivity index (χ0n) is 10.2. The van der Waals surface area contributed by atoms with Crippen molar-refractivity contribution in [3.63, 3.8) is 0 Å². The minimum Gasteiger partial charge on any atom is -0.316 e. The first kappa shape index (κ1) is 11.1. The third kappa shape index (κ3) is 2.41. The van der Waals surface area contributed by atoms with Crippen LogP contribution in [0.1, 0.15) is 40.0 Å². The summed E-state index contributed by atoms with van der Waals surface area (Å²) >= 11 is 0. The average molecular weight is 209 g/mol.